The van der Waals surface area contributed by atoms with Crippen LogP contribution in [0.3, 0.4) is 0 Å². The van der Waals surface area contributed by atoms with Gasteiger partial charge in [0, 0.05) is 18.3 Å². The molecule has 0 N–H and O–H groups in total. The van der Waals surface area contributed by atoms with E-state index in [2.05, 4.69) is 41.5 Å². The third-order valence-electron chi connectivity index (χ3n) is 5.42. The maximum atomic E-state index is 6.18. The SMILES string of the molecule is CCCCCCC(C)OB(OC(C)CCCCCC)OC(C)CCCCCC. The van der Waals surface area contributed by atoms with Crippen LogP contribution >= 0.6 is 0 Å². The summed E-state index contributed by atoms with van der Waals surface area (Å²) in [7, 11) is -0.525. The highest BCUT2D eigenvalue weighted by molar-refractivity contribution is 6.36. The predicted octanol–water partition coefficient (Wildman–Crippen LogP) is 8.10. The van der Waals surface area contributed by atoms with Gasteiger partial charge >= 0.3 is 7.32 Å². The lowest BCUT2D eigenvalue weighted by Gasteiger charge is -2.25. The second-order valence-electron chi connectivity index (χ2n) is 8.68. The van der Waals surface area contributed by atoms with Gasteiger partial charge in [0.15, 0.2) is 0 Å². The molecular weight excluding hydrogens is 347 g/mol. The molecule has 3 atom stereocenters. The van der Waals surface area contributed by atoms with Gasteiger partial charge in [-0.15, -0.1) is 0 Å². The first kappa shape index (κ1) is 27.9. The molecule has 28 heavy (non-hydrogen) atoms. The van der Waals surface area contributed by atoms with Gasteiger partial charge in [-0.2, -0.15) is 0 Å². The van der Waals surface area contributed by atoms with E-state index >= 15 is 0 Å². The monoisotopic (exact) mass is 398 g/mol. The van der Waals surface area contributed by atoms with Gasteiger partial charge < -0.3 is 14.0 Å². The second-order valence-corrected chi connectivity index (χ2v) is 8.68. The van der Waals surface area contributed by atoms with E-state index in [0.717, 1.165) is 19.3 Å². The minimum atomic E-state index is -0.525. The predicted molar refractivity (Wildman–Crippen MR) is 124 cm³/mol. The molecule has 0 spiro atoms. The molecule has 0 radical (unpaired) electrons. The summed E-state index contributed by atoms with van der Waals surface area (Å²) in [5.74, 6) is 0. The summed E-state index contributed by atoms with van der Waals surface area (Å²) >= 11 is 0. The van der Waals surface area contributed by atoms with Gasteiger partial charge in [-0.3, -0.25) is 0 Å². The molecule has 0 aromatic heterocycles. The molecule has 0 aromatic carbocycles. The minimum Gasteiger partial charge on any atom is -0.383 e. The fraction of sp³-hybridized carbons (Fsp3) is 1.00. The topological polar surface area (TPSA) is 27.7 Å². The Bertz CT molecular complexity index is 267. The van der Waals surface area contributed by atoms with Gasteiger partial charge in [0.25, 0.3) is 0 Å². The van der Waals surface area contributed by atoms with E-state index in [1.54, 1.807) is 0 Å². The van der Waals surface area contributed by atoms with E-state index in [1.807, 2.05) is 0 Å². The van der Waals surface area contributed by atoms with Crippen molar-refractivity contribution in [2.75, 3.05) is 0 Å². The first-order chi connectivity index (χ1) is 13.5. The van der Waals surface area contributed by atoms with E-state index in [4.69, 9.17) is 14.0 Å². The lowest BCUT2D eigenvalue weighted by atomic mass is 10.1. The maximum absolute atomic E-state index is 6.18. The standard InChI is InChI=1S/C24H51BO3/c1-7-10-13-16-19-22(4)26-25(27-23(5)20-17-14-11-8-2)28-24(6)21-18-15-12-9-3/h22-24H,7-21H2,1-6H3. The Morgan fingerprint density at radius 2 is 0.750 bits per heavy atom. The molecule has 0 aliphatic carbocycles. The van der Waals surface area contributed by atoms with Gasteiger partial charge in [-0.05, 0) is 40.0 Å². The zero-order valence-corrected chi connectivity index (χ0v) is 20.1. The molecule has 0 fully saturated rings. The summed E-state index contributed by atoms with van der Waals surface area (Å²) in [4.78, 5) is 0. The highest BCUT2D eigenvalue weighted by atomic mass is 16.7. The van der Waals surface area contributed by atoms with E-state index in [-0.39, 0.29) is 18.3 Å². The molecule has 0 heterocycles. The molecule has 0 amide bonds. The average molecular weight is 398 g/mol. The van der Waals surface area contributed by atoms with Gasteiger partial charge in [0.1, 0.15) is 0 Å². The van der Waals surface area contributed by atoms with E-state index in [9.17, 15) is 0 Å². The van der Waals surface area contributed by atoms with Crippen LogP contribution in [0.1, 0.15) is 138 Å². The van der Waals surface area contributed by atoms with Crippen LogP contribution in [0.4, 0.5) is 0 Å². The van der Waals surface area contributed by atoms with Crippen molar-refractivity contribution in [3.8, 4) is 0 Å². The van der Waals surface area contributed by atoms with Crippen LogP contribution in [0, 0.1) is 0 Å². The molecule has 0 bridgehead atoms. The Kier molecular flexibility index (Phi) is 20.2. The van der Waals surface area contributed by atoms with E-state index in [0.29, 0.717) is 0 Å². The number of unbranched alkanes of at least 4 members (excludes halogenated alkanes) is 9. The summed E-state index contributed by atoms with van der Waals surface area (Å²) in [6.07, 6.45) is 19.1. The largest absolute Gasteiger partial charge is 0.639 e. The summed E-state index contributed by atoms with van der Waals surface area (Å²) < 4.78 is 18.5. The fourth-order valence-corrected chi connectivity index (χ4v) is 3.45. The van der Waals surface area contributed by atoms with Crippen LogP contribution in [0.15, 0.2) is 0 Å². The zero-order chi connectivity index (χ0) is 21.0. The smallest absolute Gasteiger partial charge is 0.383 e. The molecule has 0 aliphatic heterocycles. The average Bonchev–Trinajstić information content (AvgIpc) is 2.66. The van der Waals surface area contributed by atoms with Crippen LogP contribution in [0.5, 0.6) is 0 Å². The van der Waals surface area contributed by atoms with Crippen LogP contribution in [0.25, 0.3) is 0 Å². The Morgan fingerprint density at radius 1 is 0.464 bits per heavy atom. The molecule has 0 saturated heterocycles. The third kappa shape index (κ3) is 18.0. The third-order valence-corrected chi connectivity index (χ3v) is 5.42. The first-order valence-electron chi connectivity index (χ1n) is 12.5. The van der Waals surface area contributed by atoms with Gasteiger partial charge in [-0.25, -0.2) is 0 Å². The van der Waals surface area contributed by atoms with Crippen molar-refractivity contribution in [3.63, 3.8) is 0 Å². The van der Waals surface area contributed by atoms with Crippen LogP contribution in [-0.2, 0) is 14.0 Å². The summed E-state index contributed by atoms with van der Waals surface area (Å²) in [5, 5.41) is 0. The Hall–Kier alpha value is -0.0551. The van der Waals surface area contributed by atoms with Crippen LogP contribution in [0.2, 0.25) is 0 Å². The van der Waals surface area contributed by atoms with Gasteiger partial charge in [0.2, 0.25) is 0 Å². The van der Waals surface area contributed by atoms with Crippen molar-refractivity contribution in [3.05, 3.63) is 0 Å². The molecule has 4 heteroatoms. The van der Waals surface area contributed by atoms with Crippen molar-refractivity contribution in [2.24, 2.45) is 0 Å². The molecule has 0 rings (SSSR count). The highest BCUT2D eigenvalue weighted by Gasteiger charge is 2.28. The Labute approximate surface area is 177 Å². The van der Waals surface area contributed by atoms with Crippen molar-refractivity contribution >= 4 is 7.32 Å². The highest BCUT2D eigenvalue weighted by Crippen LogP contribution is 2.16. The lowest BCUT2D eigenvalue weighted by molar-refractivity contribution is 0.0133. The van der Waals surface area contributed by atoms with E-state index < -0.39 is 7.32 Å². The number of hydrogen-bond donors (Lipinski definition) is 0. The first-order valence-corrected chi connectivity index (χ1v) is 12.5. The molecule has 3 nitrogen and oxygen atoms in total. The molecule has 0 saturated carbocycles. The van der Waals surface area contributed by atoms with Gasteiger partial charge in [-0.1, -0.05) is 97.8 Å². The zero-order valence-electron chi connectivity index (χ0n) is 20.1. The van der Waals surface area contributed by atoms with Crippen molar-refractivity contribution in [2.45, 2.75) is 156 Å². The van der Waals surface area contributed by atoms with Gasteiger partial charge in [0.05, 0.1) is 0 Å². The van der Waals surface area contributed by atoms with E-state index in [1.165, 1.54) is 77.0 Å². The van der Waals surface area contributed by atoms with Crippen molar-refractivity contribution < 1.29 is 14.0 Å². The quantitative estimate of drug-likeness (QED) is 0.144. The number of rotatable bonds is 21. The Balaban J connectivity index is 4.38. The Morgan fingerprint density at radius 3 is 1.00 bits per heavy atom. The van der Waals surface area contributed by atoms with Crippen LogP contribution in [-0.4, -0.2) is 25.6 Å². The van der Waals surface area contributed by atoms with Crippen molar-refractivity contribution in [1.29, 1.82) is 0 Å². The molecule has 3 unspecified atom stereocenters. The summed E-state index contributed by atoms with van der Waals surface area (Å²) in [5.41, 5.74) is 0. The number of hydrogen-bond acceptors (Lipinski definition) is 3. The summed E-state index contributed by atoms with van der Waals surface area (Å²) in [6, 6.07) is 0. The fourth-order valence-electron chi connectivity index (χ4n) is 3.45. The lowest BCUT2D eigenvalue weighted by Crippen LogP contribution is -2.37. The maximum Gasteiger partial charge on any atom is 0.639 e. The van der Waals surface area contributed by atoms with Crippen LogP contribution < -0.4 is 0 Å². The van der Waals surface area contributed by atoms with Crippen molar-refractivity contribution in [1.82, 2.24) is 0 Å². The molecule has 0 aliphatic rings. The molecule has 168 valence electrons. The second kappa shape index (κ2) is 20.2. The molecule has 0 aromatic rings. The summed E-state index contributed by atoms with van der Waals surface area (Å²) in [6.45, 7) is 13.2. The molecular formula is C24H51BO3. The minimum absolute atomic E-state index is 0.182. The normalized spacial score (nSPS) is 14.8.